The number of nitrogens with one attached hydrogen (secondary N) is 1. The second-order valence-corrected chi connectivity index (χ2v) is 13.0. The van der Waals surface area contributed by atoms with Crippen molar-refractivity contribution in [3.8, 4) is 0 Å². The van der Waals surface area contributed by atoms with E-state index in [9.17, 15) is 29.4 Å². The Morgan fingerprint density at radius 2 is 1.13 bits per heavy atom. The van der Waals surface area contributed by atoms with Gasteiger partial charge in [-0.05, 0) is 67.0 Å². The fourth-order valence-electron chi connectivity index (χ4n) is 3.81. The second kappa shape index (κ2) is 23.6. The van der Waals surface area contributed by atoms with E-state index in [1.165, 1.54) is 21.6 Å². The van der Waals surface area contributed by atoms with Crippen molar-refractivity contribution in [2.45, 2.75) is 89.5 Å². The molecule has 0 spiro atoms. The van der Waals surface area contributed by atoms with Crippen molar-refractivity contribution in [1.82, 2.24) is 15.1 Å². The highest BCUT2D eigenvalue weighted by Crippen LogP contribution is 2.27. The summed E-state index contributed by atoms with van der Waals surface area (Å²) in [5.74, 6) is -2.89. The van der Waals surface area contributed by atoms with E-state index in [4.69, 9.17) is 0 Å². The average Bonchev–Trinajstić information content (AvgIpc) is 2.83. The molecular formula is C27H51N3O6S2. The van der Waals surface area contributed by atoms with Gasteiger partial charge in [0.05, 0.1) is 5.92 Å². The van der Waals surface area contributed by atoms with Gasteiger partial charge in [-0.2, -0.15) is 0 Å². The smallest absolute Gasteiger partial charge is 0.327 e. The van der Waals surface area contributed by atoms with Crippen LogP contribution in [0.2, 0.25) is 0 Å². The molecule has 0 aromatic carbocycles. The molecule has 2 unspecified atom stereocenters. The summed E-state index contributed by atoms with van der Waals surface area (Å²) in [7, 11) is 10.6. The van der Waals surface area contributed by atoms with Crippen LogP contribution in [0.3, 0.4) is 0 Å². The molecule has 3 N–H and O–H groups in total. The fourth-order valence-corrected chi connectivity index (χ4v) is 6.26. The predicted octanol–water partition coefficient (Wildman–Crippen LogP) is 4.40. The van der Waals surface area contributed by atoms with Gasteiger partial charge in [0.15, 0.2) is 0 Å². The van der Waals surface area contributed by atoms with Crippen molar-refractivity contribution in [1.29, 1.82) is 0 Å². The van der Waals surface area contributed by atoms with Gasteiger partial charge in [-0.1, -0.05) is 60.1 Å². The topological polar surface area (TPSA) is 127 Å². The molecule has 2 atom stereocenters. The Hall–Kier alpha value is -1.30. The Labute approximate surface area is 237 Å². The molecule has 0 saturated heterocycles. The molecule has 0 aliphatic carbocycles. The molecule has 1 amide bonds. The van der Waals surface area contributed by atoms with E-state index in [-0.39, 0.29) is 29.6 Å². The Balaban J connectivity index is 4.14. The number of ketones is 1. The lowest BCUT2D eigenvalue weighted by Gasteiger charge is -2.15. The Morgan fingerprint density at radius 1 is 0.658 bits per heavy atom. The van der Waals surface area contributed by atoms with Crippen molar-refractivity contribution in [3.63, 3.8) is 0 Å². The van der Waals surface area contributed by atoms with Gasteiger partial charge in [-0.3, -0.25) is 14.4 Å². The molecule has 0 rings (SSSR count). The highest BCUT2D eigenvalue weighted by Gasteiger charge is 2.23. The van der Waals surface area contributed by atoms with Crippen molar-refractivity contribution in [2.24, 2.45) is 5.92 Å². The third-order valence-electron chi connectivity index (χ3n) is 6.11. The van der Waals surface area contributed by atoms with Crippen LogP contribution in [0, 0.1) is 5.92 Å². The first-order valence-corrected chi connectivity index (χ1v) is 16.3. The molecule has 0 heterocycles. The number of carbonyl (C=O) groups excluding carboxylic acids is 2. The zero-order valence-corrected chi connectivity index (χ0v) is 25.5. The minimum Gasteiger partial charge on any atom is -0.481 e. The van der Waals surface area contributed by atoms with E-state index in [0.29, 0.717) is 12.8 Å². The molecule has 0 bridgehead atoms. The lowest BCUT2D eigenvalue weighted by Crippen LogP contribution is -2.42. The Morgan fingerprint density at radius 3 is 1.63 bits per heavy atom. The molecule has 0 aliphatic heterocycles. The van der Waals surface area contributed by atoms with Crippen LogP contribution in [-0.2, 0) is 19.2 Å². The van der Waals surface area contributed by atoms with E-state index >= 15 is 0 Å². The number of aliphatic carboxylic acids is 2. The largest absolute Gasteiger partial charge is 0.481 e. The summed E-state index contributed by atoms with van der Waals surface area (Å²) >= 11 is 0. The van der Waals surface area contributed by atoms with E-state index in [1.54, 1.807) is 0 Å². The molecule has 0 aromatic heterocycles. The van der Waals surface area contributed by atoms with Gasteiger partial charge >= 0.3 is 11.9 Å². The Kier molecular flexibility index (Phi) is 22.8. The van der Waals surface area contributed by atoms with Gasteiger partial charge in [-0.25, -0.2) is 4.79 Å². The first-order chi connectivity index (χ1) is 18.0. The van der Waals surface area contributed by atoms with E-state index in [2.05, 4.69) is 29.2 Å². The first-order valence-electron chi connectivity index (χ1n) is 13.8. The van der Waals surface area contributed by atoms with Crippen LogP contribution < -0.4 is 5.32 Å². The number of nitrogens with zero attached hydrogens (tertiary/aromatic N) is 2. The highest BCUT2D eigenvalue weighted by molar-refractivity contribution is 8.76. The third kappa shape index (κ3) is 22.7. The maximum atomic E-state index is 12.3. The molecule has 0 saturated carbocycles. The van der Waals surface area contributed by atoms with Gasteiger partial charge < -0.3 is 25.3 Å². The van der Waals surface area contributed by atoms with Gasteiger partial charge in [0.1, 0.15) is 11.8 Å². The lowest BCUT2D eigenvalue weighted by molar-refractivity contribution is -0.143. The summed E-state index contributed by atoms with van der Waals surface area (Å²) in [6, 6.07) is -1.03. The van der Waals surface area contributed by atoms with Crippen molar-refractivity contribution in [3.05, 3.63) is 0 Å². The summed E-state index contributed by atoms with van der Waals surface area (Å²) in [6.07, 6.45) is 10.8. The summed E-state index contributed by atoms with van der Waals surface area (Å²) in [6.45, 7) is 2.11. The van der Waals surface area contributed by atoms with Crippen molar-refractivity contribution >= 4 is 45.2 Å². The highest BCUT2D eigenvalue weighted by atomic mass is 33.1. The first kappa shape index (κ1) is 36.7. The van der Waals surface area contributed by atoms with E-state index in [0.717, 1.165) is 77.3 Å². The molecular weight excluding hydrogens is 526 g/mol. The number of hydrogen-bond acceptors (Lipinski definition) is 8. The molecule has 0 radical (unpaired) electrons. The number of rotatable bonds is 26. The normalized spacial score (nSPS) is 13.0. The summed E-state index contributed by atoms with van der Waals surface area (Å²) in [5, 5.41) is 21.5. The molecule has 0 aliphatic rings. The lowest BCUT2D eigenvalue weighted by atomic mass is 10.0. The number of carboxylic acid groups (broad SMARTS) is 2. The van der Waals surface area contributed by atoms with Gasteiger partial charge in [-0.15, -0.1) is 0 Å². The molecule has 0 fully saturated rings. The van der Waals surface area contributed by atoms with Crippen LogP contribution in [0.4, 0.5) is 0 Å². The molecule has 11 heteroatoms. The SMILES string of the molecule is CN(C)CCCCCCCC(=O)CC(CSSCC(NC(=O)CCCCCCCN(C)C)C(=O)O)C(=O)O. The average molecular weight is 578 g/mol. The summed E-state index contributed by atoms with van der Waals surface area (Å²) < 4.78 is 0. The standard InChI is InChI=1S/C27H51N3O6S2/c1-29(2)17-13-9-5-7-11-15-23(31)19-22(26(33)34)20-37-38-21-24(27(35)36)28-25(32)16-12-8-6-10-14-18-30(3)4/h22,24H,5-21H2,1-4H3,(H,28,32)(H,33,34)(H,35,36). The quantitative estimate of drug-likeness (QED) is 0.101. The minimum atomic E-state index is -1.11. The number of carboxylic acids is 2. The molecule has 0 aromatic rings. The maximum absolute atomic E-state index is 12.3. The number of carbonyl (C=O) groups is 4. The van der Waals surface area contributed by atoms with Crippen molar-refractivity contribution < 1.29 is 29.4 Å². The minimum absolute atomic E-state index is 0.00222. The van der Waals surface area contributed by atoms with Crippen LogP contribution >= 0.6 is 21.6 Å². The van der Waals surface area contributed by atoms with Gasteiger partial charge in [0.2, 0.25) is 5.91 Å². The molecule has 222 valence electrons. The zero-order chi connectivity index (χ0) is 28.8. The van der Waals surface area contributed by atoms with Crippen LogP contribution in [0.15, 0.2) is 0 Å². The third-order valence-corrected chi connectivity index (χ3v) is 8.61. The number of hydrogen-bond donors (Lipinski definition) is 3. The summed E-state index contributed by atoms with van der Waals surface area (Å²) in [4.78, 5) is 51.9. The maximum Gasteiger partial charge on any atom is 0.327 e. The van der Waals surface area contributed by atoms with Crippen LogP contribution in [0.25, 0.3) is 0 Å². The van der Waals surface area contributed by atoms with Crippen LogP contribution in [0.5, 0.6) is 0 Å². The second-order valence-electron chi connectivity index (χ2n) is 10.4. The van der Waals surface area contributed by atoms with Gasteiger partial charge in [0.25, 0.3) is 0 Å². The predicted molar refractivity (Wildman–Crippen MR) is 158 cm³/mol. The number of Topliss-reactive ketones (excluding diaryl/α,β-unsaturated/α-hetero) is 1. The number of amides is 1. The van der Waals surface area contributed by atoms with Crippen LogP contribution in [-0.4, -0.2) is 102 Å². The zero-order valence-electron chi connectivity index (χ0n) is 23.9. The van der Waals surface area contributed by atoms with E-state index < -0.39 is 23.9 Å². The van der Waals surface area contributed by atoms with Crippen LogP contribution in [0.1, 0.15) is 83.5 Å². The monoisotopic (exact) mass is 577 g/mol. The number of unbranched alkanes of at least 4 members (excludes halogenated alkanes) is 8. The van der Waals surface area contributed by atoms with Crippen molar-refractivity contribution in [2.75, 3.05) is 52.8 Å². The molecule has 38 heavy (non-hydrogen) atoms. The Bertz CT molecular complexity index is 623. The van der Waals surface area contributed by atoms with E-state index in [1.807, 2.05) is 14.1 Å². The molecule has 9 nitrogen and oxygen atoms in total. The fraction of sp³-hybridized carbons (Fsp3) is 0.852. The summed E-state index contributed by atoms with van der Waals surface area (Å²) in [5.41, 5.74) is 0. The van der Waals surface area contributed by atoms with Gasteiger partial charge in [0, 0.05) is 30.8 Å².